The maximum absolute atomic E-state index is 11.2. The molecule has 0 spiro atoms. The number of aromatic amines is 1. The van der Waals surface area contributed by atoms with Crippen LogP contribution in [0.25, 0.3) is 0 Å². The highest BCUT2D eigenvalue weighted by atomic mass is 32.2. The Balaban J connectivity index is 2.65. The minimum atomic E-state index is -0.421. The van der Waals surface area contributed by atoms with Gasteiger partial charge in [-0.25, -0.2) is 4.98 Å². The molecule has 7 heteroatoms. The van der Waals surface area contributed by atoms with Crippen molar-refractivity contribution in [1.82, 2.24) is 15.3 Å². The van der Waals surface area contributed by atoms with Crippen molar-refractivity contribution >= 4 is 17.7 Å². The zero-order chi connectivity index (χ0) is 12.8. The van der Waals surface area contributed by atoms with E-state index in [9.17, 15) is 9.59 Å². The van der Waals surface area contributed by atoms with E-state index in [0.717, 1.165) is 0 Å². The molecule has 0 radical (unpaired) electrons. The number of aryl methyl sites for hydroxylation is 1. The van der Waals surface area contributed by atoms with E-state index in [1.807, 2.05) is 6.92 Å². The van der Waals surface area contributed by atoms with Gasteiger partial charge in [-0.1, -0.05) is 18.7 Å². The van der Waals surface area contributed by atoms with Crippen LogP contribution in [0.5, 0.6) is 0 Å². The molecule has 1 aromatic heterocycles. The van der Waals surface area contributed by atoms with Crippen LogP contribution in [0.3, 0.4) is 0 Å². The van der Waals surface area contributed by atoms with Crippen molar-refractivity contribution in [1.29, 1.82) is 0 Å². The fourth-order valence-corrected chi connectivity index (χ4v) is 2.26. The number of amides is 1. The molecule has 4 N–H and O–H groups in total. The second kappa shape index (κ2) is 6.41. The van der Waals surface area contributed by atoms with E-state index in [-0.39, 0.29) is 5.56 Å². The van der Waals surface area contributed by atoms with Gasteiger partial charge in [0.2, 0.25) is 5.91 Å². The summed E-state index contributed by atoms with van der Waals surface area (Å²) in [5, 5.41) is 3.47. The van der Waals surface area contributed by atoms with Crippen LogP contribution >= 0.6 is 11.8 Å². The predicted octanol–water partition coefficient (Wildman–Crippen LogP) is -0.366. The van der Waals surface area contributed by atoms with E-state index in [1.165, 1.54) is 17.8 Å². The Hall–Kier alpha value is -1.34. The van der Waals surface area contributed by atoms with Crippen LogP contribution in [0.1, 0.15) is 12.6 Å². The third-order valence-corrected chi connectivity index (χ3v) is 3.00. The van der Waals surface area contributed by atoms with Gasteiger partial charge in [-0.05, 0) is 13.5 Å². The summed E-state index contributed by atoms with van der Waals surface area (Å²) in [6, 6.07) is 0.996. The number of likely N-dealkylation sites (N-methyl/N-ethyl adjacent to an activating group) is 1. The maximum Gasteiger partial charge on any atom is 0.251 e. The van der Waals surface area contributed by atoms with Crippen molar-refractivity contribution in [2.45, 2.75) is 25.0 Å². The molecule has 0 aliphatic rings. The normalized spacial score (nSPS) is 12.4. The summed E-state index contributed by atoms with van der Waals surface area (Å²) in [6.07, 6.45) is 0. The Morgan fingerprint density at radius 2 is 2.41 bits per heavy atom. The number of hydrogen-bond acceptors (Lipinski definition) is 5. The number of nitrogens with one attached hydrogen (secondary N) is 2. The van der Waals surface area contributed by atoms with Crippen LogP contribution in [-0.2, 0) is 4.79 Å². The number of rotatable bonds is 6. The lowest BCUT2D eigenvalue weighted by Gasteiger charge is -2.12. The summed E-state index contributed by atoms with van der Waals surface area (Å²) < 4.78 is 0. The quantitative estimate of drug-likeness (QED) is 0.476. The molecule has 94 valence electrons. The van der Waals surface area contributed by atoms with Gasteiger partial charge in [0.25, 0.3) is 5.56 Å². The van der Waals surface area contributed by atoms with E-state index in [4.69, 9.17) is 5.73 Å². The summed E-state index contributed by atoms with van der Waals surface area (Å²) in [5.41, 5.74) is 5.69. The SMILES string of the molecule is CCNC(CSc1nc(C)cc(=O)[nH]1)C(N)=O. The fraction of sp³-hybridized carbons (Fsp3) is 0.500. The van der Waals surface area contributed by atoms with E-state index >= 15 is 0 Å². The number of nitrogens with zero attached hydrogens (tertiary/aromatic N) is 1. The van der Waals surface area contributed by atoms with Gasteiger partial charge in [0.15, 0.2) is 5.16 Å². The Kier molecular flexibility index (Phi) is 5.17. The summed E-state index contributed by atoms with van der Waals surface area (Å²) in [5.74, 6) is 0.0320. The van der Waals surface area contributed by atoms with Gasteiger partial charge in [-0.3, -0.25) is 9.59 Å². The van der Waals surface area contributed by atoms with Crippen LogP contribution in [0.15, 0.2) is 16.0 Å². The van der Waals surface area contributed by atoms with Crippen LogP contribution in [-0.4, -0.2) is 34.2 Å². The van der Waals surface area contributed by atoms with Crippen molar-refractivity contribution in [2.24, 2.45) is 5.73 Å². The molecule has 1 rings (SSSR count). The second-order valence-electron chi connectivity index (χ2n) is 3.52. The van der Waals surface area contributed by atoms with Crippen molar-refractivity contribution in [3.8, 4) is 0 Å². The summed E-state index contributed by atoms with van der Waals surface area (Å²) >= 11 is 1.30. The predicted molar refractivity (Wildman–Crippen MR) is 67.0 cm³/mol. The molecule has 0 saturated carbocycles. The Morgan fingerprint density at radius 3 is 2.94 bits per heavy atom. The molecule has 0 aromatic carbocycles. The monoisotopic (exact) mass is 256 g/mol. The molecule has 0 fully saturated rings. The average molecular weight is 256 g/mol. The zero-order valence-electron chi connectivity index (χ0n) is 9.82. The van der Waals surface area contributed by atoms with E-state index in [1.54, 1.807) is 6.92 Å². The first-order valence-corrected chi connectivity index (χ1v) is 6.25. The first-order chi connectivity index (χ1) is 8.02. The molecule has 17 heavy (non-hydrogen) atoms. The van der Waals surface area contributed by atoms with Crippen LogP contribution in [0.4, 0.5) is 0 Å². The third kappa shape index (κ3) is 4.58. The first-order valence-electron chi connectivity index (χ1n) is 5.26. The average Bonchev–Trinajstić information content (AvgIpc) is 2.22. The van der Waals surface area contributed by atoms with Crippen molar-refractivity contribution in [2.75, 3.05) is 12.3 Å². The number of hydrogen-bond donors (Lipinski definition) is 3. The van der Waals surface area contributed by atoms with Crippen LogP contribution < -0.4 is 16.6 Å². The van der Waals surface area contributed by atoms with Gasteiger partial charge in [0.1, 0.15) is 0 Å². The minimum absolute atomic E-state index is 0.195. The molecule has 0 saturated heterocycles. The lowest BCUT2D eigenvalue weighted by Crippen LogP contribution is -2.43. The van der Waals surface area contributed by atoms with E-state index < -0.39 is 11.9 Å². The molecular formula is C10H16N4O2S. The first kappa shape index (κ1) is 13.7. The topological polar surface area (TPSA) is 101 Å². The molecule has 1 unspecified atom stereocenters. The van der Waals surface area contributed by atoms with Crippen LogP contribution in [0, 0.1) is 6.92 Å². The van der Waals surface area contributed by atoms with Gasteiger partial charge < -0.3 is 16.0 Å². The third-order valence-electron chi connectivity index (χ3n) is 2.03. The Morgan fingerprint density at radius 1 is 1.71 bits per heavy atom. The molecule has 0 aliphatic heterocycles. The molecule has 1 atom stereocenters. The largest absolute Gasteiger partial charge is 0.368 e. The zero-order valence-corrected chi connectivity index (χ0v) is 10.6. The van der Waals surface area contributed by atoms with Crippen molar-refractivity contribution < 1.29 is 4.79 Å². The highest BCUT2D eigenvalue weighted by Gasteiger charge is 2.14. The molecule has 0 aliphatic carbocycles. The minimum Gasteiger partial charge on any atom is -0.368 e. The number of carbonyl (C=O) groups excluding carboxylic acids is 1. The summed E-state index contributed by atoms with van der Waals surface area (Å²) in [4.78, 5) is 29.1. The maximum atomic E-state index is 11.2. The van der Waals surface area contributed by atoms with Crippen molar-refractivity contribution in [3.63, 3.8) is 0 Å². The van der Waals surface area contributed by atoms with Crippen molar-refractivity contribution in [3.05, 3.63) is 22.1 Å². The molecule has 0 bridgehead atoms. The summed E-state index contributed by atoms with van der Waals surface area (Å²) in [7, 11) is 0. The molecule has 1 aromatic rings. The van der Waals surface area contributed by atoms with Gasteiger partial charge in [0.05, 0.1) is 6.04 Å². The Labute approximate surface area is 103 Å². The number of H-pyrrole nitrogens is 1. The molecule has 1 amide bonds. The number of thioether (sulfide) groups is 1. The lowest BCUT2D eigenvalue weighted by molar-refractivity contribution is -0.119. The molecule has 6 nitrogen and oxygen atoms in total. The fourth-order valence-electron chi connectivity index (χ4n) is 1.27. The van der Waals surface area contributed by atoms with Gasteiger partial charge in [-0.15, -0.1) is 0 Å². The standard InChI is InChI=1S/C10H16N4O2S/c1-3-12-7(9(11)16)5-17-10-13-6(2)4-8(15)14-10/h4,7,12H,3,5H2,1-2H3,(H2,11,16)(H,13,14,15). The molecular weight excluding hydrogens is 240 g/mol. The highest BCUT2D eigenvalue weighted by Crippen LogP contribution is 2.12. The van der Waals surface area contributed by atoms with Gasteiger partial charge in [0, 0.05) is 17.5 Å². The second-order valence-corrected chi connectivity index (χ2v) is 4.52. The number of primary amides is 1. The smallest absolute Gasteiger partial charge is 0.251 e. The summed E-state index contributed by atoms with van der Waals surface area (Å²) in [6.45, 7) is 4.30. The van der Waals surface area contributed by atoms with Crippen LogP contribution in [0.2, 0.25) is 0 Å². The Bertz CT molecular complexity index is 446. The number of aromatic nitrogens is 2. The lowest BCUT2D eigenvalue weighted by atomic mass is 10.3. The van der Waals surface area contributed by atoms with E-state index in [0.29, 0.717) is 23.1 Å². The van der Waals surface area contributed by atoms with Gasteiger partial charge in [-0.2, -0.15) is 0 Å². The highest BCUT2D eigenvalue weighted by molar-refractivity contribution is 7.99. The number of nitrogens with two attached hydrogens (primary N) is 1. The van der Waals surface area contributed by atoms with E-state index in [2.05, 4.69) is 15.3 Å². The molecule has 1 heterocycles. The number of carbonyl (C=O) groups is 1. The van der Waals surface area contributed by atoms with Gasteiger partial charge >= 0.3 is 0 Å².